The van der Waals surface area contributed by atoms with Crippen molar-refractivity contribution in [2.75, 3.05) is 6.61 Å². The maximum atomic E-state index is 5.60. The van der Waals surface area contributed by atoms with Gasteiger partial charge in [-0.2, -0.15) is 5.21 Å². The van der Waals surface area contributed by atoms with Crippen molar-refractivity contribution < 1.29 is 4.74 Å². The number of H-pyrrole nitrogens is 1. The van der Waals surface area contributed by atoms with Gasteiger partial charge in [-0.05, 0) is 31.6 Å². The van der Waals surface area contributed by atoms with Crippen LogP contribution in [-0.4, -0.2) is 27.2 Å². The summed E-state index contributed by atoms with van der Waals surface area (Å²) in [7, 11) is 0. The minimum Gasteiger partial charge on any atom is -0.493 e. The molecule has 0 atom stereocenters. The molecule has 1 aromatic heterocycles. The molecule has 1 aliphatic carbocycles. The fourth-order valence-corrected chi connectivity index (χ4v) is 1.54. The molecule has 5 heteroatoms. The van der Waals surface area contributed by atoms with E-state index in [4.69, 9.17) is 4.74 Å². The Hall–Kier alpha value is -1.91. The summed E-state index contributed by atoms with van der Waals surface area (Å²) in [5.74, 6) is 1.36. The molecule has 1 heterocycles. The van der Waals surface area contributed by atoms with Gasteiger partial charge >= 0.3 is 0 Å². The van der Waals surface area contributed by atoms with Crippen LogP contribution in [0.15, 0.2) is 29.6 Å². The van der Waals surface area contributed by atoms with Crippen LogP contribution in [0.2, 0.25) is 0 Å². The number of nitrogens with one attached hydrogen (secondary N) is 1. The number of nitrogens with zero attached hydrogens (tertiary/aromatic N) is 3. The summed E-state index contributed by atoms with van der Waals surface area (Å²) in [5.41, 5.74) is 2.12. The van der Waals surface area contributed by atoms with E-state index in [0.29, 0.717) is 12.4 Å². The topological polar surface area (TPSA) is 63.7 Å². The van der Waals surface area contributed by atoms with Gasteiger partial charge in [0.1, 0.15) is 5.76 Å². The Kier molecular flexibility index (Phi) is 3.14. The molecular weight excluding hydrogens is 204 g/mol. The van der Waals surface area contributed by atoms with Crippen molar-refractivity contribution in [3.8, 4) is 0 Å². The predicted molar refractivity (Wildman–Crippen MR) is 60.2 cm³/mol. The lowest BCUT2D eigenvalue weighted by Gasteiger charge is -2.06. The molecule has 0 spiro atoms. The molecule has 84 valence electrons. The Morgan fingerprint density at radius 1 is 1.50 bits per heavy atom. The summed E-state index contributed by atoms with van der Waals surface area (Å²) in [6, 6.07) is 0. The molecule has 0 aromatic carbocycles. The number of aromatic amines is 1. The highest BCUT2D eigenvalue weighted by Crippen LogP contribution is 2.23. The highest BCUT2D eigenvalue weighted by molar-refractivity contribution is 5.73. The first kappa shape index (κ1) is 10.6. The Morgan fingerprint density at radius 3 is 3.06 bits per heavy atom. The van der Waals surface area contributed by atoms with E-state index >= 15 is 0 Å². The van der Waals surface area contributed by atoms with Gasteiger partial charge in [0.15, 0.2) is 0 Å². The zero-order chi connectivity index (χ0) is 11.4. The van der Waals surface area contributed by atoms with Crippen molar-refractivity contribution >= 4 is 5.57 Å². The first-order valence-electron chi connectivity index (χ1n) is 5.26. The van der Waals surface area contributed by atoms with Crippen LogP contribution in [-0.2, 0) is 4.74 Å². The summed E-state index contributed by atoms with van der Waals surface area (Å²) in [4.78, 5) is 0. The highest BCUT2D eigenvalue weighted by atomic mass is 16.5. The van der Waals surface area contributed by atoms with E-state index in [2.05, 4.69) is 33.6 Å². The molecule has 1 aliphatic rings. The number of tetrazole rings is 1. The van der Waals surface area contributed by atoms with Crippen LogP contribution in [0.25, 0.3) is 5.57 Å². The van der Waals surface area contributed by atoms with E-state index < -0.39 is 0 Å². The van der Waals surface area contributed by atoms with Crippen LogP contribution in [0.1, 0.15) is 26.1 Å². The van der Waals surface area contributed by atoms with Crippen molar-refractivity contribution in [1.82, 2.24) is 20.6 Å². The maximum absolute atomic E-state index is 5.60. The molecule has 1 aromatic rings. The quantitative estimate of drug-likeness (QED) is 0.841. The standard InChI is InChI=1S/C11H14N4O/c1-3-16-10-7-8(2)5-4-6-9(10)11-12-14-15-13-11/h4,6-7H,3,5H2,1-2H3,(H,12,13,14,15). The van der Waals surface area contributed by atoms with E-state index in [1.54, 1.807) is 0 Å². The van der Waals surface area contributed by atoms with Gasteiger partial charge < -0.3 is 4.74 Å². The zero-order valence-electron chi connectivity index (χ0n) is 9.40. The number of aromatic nitrogens is 4. The fourth-order valence-electron chi connectivity index (χ4n) is 1.54. The average Bonchev–Trinajstić information content (AvgIpc) is 2.71. The third-order valence-electron chi connectivity index (χ3n) is 2.25. The molecule has 5 nitrogen and oxygen atoms in total. The van der Waals surface area contributed by atoms with Crippen LogP contribution in [0.5, 0.6) is 0 Å². The highest BCUT2D eigenvalue weighted by Gasteiger charge is 2.12. The number of rotatable bonds is 3. The lowest BCUT2D eigenvalue weighted by Crippen LogP contribution is -1.95. The SMILES string of the molecule is CCOC1=C(c2nn[nH]n2)C=CCC(C)=C1. The number of hydrogen-bond acceptors (Lipinski definition) is 4. The van der Waals surface area contributed by atoms with Crippen LogP contribution in [0.4, 0.5) is 0 Å². The molecule has 0 saturated heterocycles. The summed E-state index contributed by atoms with van der Waals surface area (Å²) >= 11 is 0. The second-order valence-electron chi connectivity index (χ2n) is 3.54. The Balaban J connectivity index is 2.46. The molecule has 0 amide bonds. The van der Waals surface area contributed by atoms with Gasteiger partial charge in [-0.1, -0.05) is 17.7 Å². The summed E-state index contributed by atoms with van der Waals surface area (Å²) in [5, 5.41) is 14.0. The minimum atomic E-state index is 0.561. The molecular formula is C11H14N4O. The van der Waals surface area contributed by atoms with Crippen LogP contribution >= 0.6 is 0 Å². The molecule has 0 radical (unpaired) electrons. The molecule has 0 aliphatic heterocycles. The molecule has 0 fully saturated rings. The average molecular weight is 218 g/mol. The first-order valence-corrected chi connectivity index (χ1v) is 5.26. The molecule has 16 heavy (non-hydrogen) atoms. The van der Waals surface area contributed by atoms with Crippen molar-refractivity contribution in [1.29, 1.82) is 0 Å². The van der Waals surface area contributed by atoms with Gasteiger partial charge in [0.05, 0.1) is 12.2 Å². The summed E-state index contributed by atoms with van der Waals surface area (Å²) in [6.07, 6.45) is 6.99. The Morgan fingerprint density at radius 2 is 2.38 bits per heavy atom. The molecule has 1 N–H and O–H groups in total. The van der Waals surface area contributed by atoms with Gasteiger partial charge in [0, 0.05) is 0 Å². The van der Waals surface area contributed by atoms with Crippen molar-refractivity contribution in [2.24, 2.45) is 0 Å². The van der Waals surface area contributed by atoms with E-state index in [9.17, 15) is 0 Å². The second-order valence-corrected chi connectivity index (χ2v) is 3.54. The van der Waals surface area contributed by atoms with Crippen LogP contribution in [0.3, 0.4) is 0 Å². The third-order valence-corrected chi connectivity index (χ3v) is 2.25. The van der Waals surface area contributed by atoms with Gasteiger partial charge in [0.2, 0.25) is 5.82 Å². The smallest absolute Gasteiger partial charge is 0.208 e. The fraction of sp³-hybridized carbons (Fsp3) is 0.364. The van der Waals surface area contributed by atoms with Crippen molar-refractivity contribution in [3.63, 3.8) is 0 Å². The van der Waals surface area contributed by atoms with Crippen LogP contribution < -0.4 is 0 Å². The molecule has 2 rings (SSSR count). The van der Waals surface area contributed by atoms with E-state index in [0.717, 1.165) is 17.8 Å². The Bertz CT molecular complexity index is 443. The molecule has 0 saturated carbocycles. The van der Waals surface area contributed by atoms with Gasteiger partial charge in [-0.25, -0.2) is 0 Å². The lowest BCUT2D eigenvalue weighted by molar-refractivity contribution is 0.244. The third kappa shape index (κ3) is 2.18. The maximum Gasteiger partial charge on any atom is 0.208 e. The molecule has 0 bridgehead atoms. The lowest BCUT2D eigenvalue weighted by atomic mass is 10.2. The van der Waals surface area contributed by atoms with Gasteiger partial charge in [0.25, 0.3) is 0 Å². The van der Waals surface area contributed by atoms with E-state index in [1.807, 2.05) is 19.1 Å². The van der Waals surface area contributed by atoms with Gasteiger partial charge in [-0.3, -0.25) is 0 Å². The monoisotopic (exact) mass is 218 g/mol. The normalized spacial score (nSPS) is 16.0. The van der Waals surface area contributed by atoms with Gasteiger partial charge in [-0.15, -0.1) is 10.2 Å². The zero-order valence-corrected chi connectivity index (χ0v) is 9.40. The van der Waals surface area contributed by atoms with E-state index in [-0.39, 0.29) is 0 Å². The number of allylic oxidation sites excluding steroid dienone is 5. The van der Waals surface area contributed by atoms with Crippen molar-refractivity contribution in [2.45, 2.75) is 20.3 Å². The van der Waals surface area contributed by atoms with Crippen molar-refractivity contribution in [3.05, 3.63) is 35.4 Å². The summed E-state index contributed by atoms with van der Waals surface area (Å²) in [6.45, 7) is 4.65. The van der Waals surface area contributed by atoms with E-state index in [1.165, 1.54) is 5.57 Å². The largest absolute Gasteiger partial charge is 0.493 e. The summed E-state index contributed by atoms with van der Waals surface area (Å²) < 4.78 is 5.60. The number of ether oxygens (including phenoxy) is 1. The van der Waals surface area contributed by atoms with Crippen LogP contribution in [0, 0.1) is 0 Å². The molecule has 0 unspecified atom stereocenters. The first-order chi connectivity index (χ1) is 7.81. The Labute approximate surface area is 93.9 Å². The number of hydrogen-bond donors (Lipinski definition) is 1. The second kappa shape index (κ2) is 4.74. The predicted octanol–water partition coefficient (Wildman–Crippen LogP) is 1.85. The minimum absolute atomic E-state index is 0.561.